The number of benzene rings is 1. The molecule has 0 fully saturated rings. The maximum atomic E-state index is 11.3. The fraction of sp³-hybridized carbons (Fsp3) is 0.364. The summed E-state index contributed by atoms with van der Waals surface area (Å²) in [5.41, 5.74) is 4.99. The van der Waals surface area contributed by atoms with Gasteiger partial charge in [-0.05, 0) is 31.0 Å². The molecule has 1 aromatic carbocycles. The first-order valence-electron chi connectivity index (χ1n) is 4.99. The number of ether oxygens (including phenoxy) is 1. The predicted molar refractivity (Wildman–Crippen MR) is 59.7 cm³/mol. The fourth-order valence-corrected chi connectivity index (χ4v) is 2.04. The molecule has 1 aliphatic rings. The molecule has 0 radical (unpaired) electrons. The number of rotatable bonds is 1. The van der Waals surface area contributed by atoms with Gasteiger partial charge in [-0.2, -0.15) is 0 Å². The lowest BCUT2D eigenvalue weighted by Crippen LogP contribution is -2.44. The van der Waals surface area contributed by atoms with E-state index in [-0.39, 0.29) is 0 Å². The maximum absolute atomic E-state index is 11.3. The topological polar surface area (TPSA) is 72.6 Å². The molecule has 3 N–H and O–H groups in total. The third-order valence-corrected chi connectivity index (χ3v) is 3.01. The number of carbonyl (C=O) groups is 1. The molecule has 0 saturated heterocycles. The number of carboxylic acids is 1. The molecule has 5 heteroatoms. The lowest BCUT2D eigenvalue weighted by Gasteiger charge is -2.24. The summed E-state index contributed by atoms with van der Waals surface area (Å²) in [5, 5.41) is 9.70. The molecule has 1 aromatic rings. The van der Waals surface area contributed by atoms with Crippen LogP contribution < -0.4 is 10.5 Å². The van der Waals surface area contributed by atoms with Crippen LogP contribution in [0.15, 0.2) is 18.2 Å². The lowest BCUT2D eigenvalue weighted by atomic mass is 9.86. The van der Waals surface area contributed by atoms with Crippen LogP contribution in [0, 0.1) is 0 Å². The van der Waals surface area contributed by atoms with E-state index >= 15 is 0 Å². The van der Waals surface area contributed by atoms with Crippen molar-refractivity contribution in [3.63, 3.8) is 0 Å². The highest BCUT2D eigenvalue weighted by Crippen LogP contribution is 2.36. The Morgan fingerprint density at radius 2 is 2.31 bits per heavy atom. The molecule has 2 rings (SSSR count). The summed E-state index contributed by atoms with van der Waals surface area (Å²) in [5.74, 6) is -0.548. The highest BCUT2D eigenvalue weighted by Gasteiger charge is 2.39. The Kier molecular flexibility index (Phi) is 2.78. The van der Waals surface area contributed by atoms with E-state index in [4.69, 9.17) is 22.1 Å². The van der Waals surface area contributed by atoms with Crippen molar-refractivity contribution >= 4 is 17.6 Å². The summed E-state index contributed by atoms with van der Waals surface area (Å²) < 4.78 is 5.45. The van der Waals surface area contributed by atoms with Crippen LogP contribution in [0.5, 0.6) is 5.75 Å². The number of fused-ring (bicyclic) bond motifs is 1. The first kappa shape index (κ1) is 11.2. The second-order valence-electron chi connectivity index (χ2n) is 3.87. The highest BCUT2D eigenvalue weighted by molar-refractivity contribution is 6.30. The summed E-state index contributed by atoms with van der Waals surface area (Å²) in [7, 11) is 0. The molecular formula is C11H12ClNO3. The van der Waals surface area contributed by atoms with Gasteiger partial charge in [0.1, 0.15) is 11.3 Å². The van der Waals surface area contributed by atoms with Crippen molar-refractivity contribution < 1.29 is 14.6 Å². The Balaban J connectivity index is 2.59. The molecule has 1 unspecified atom stereocenters. The molecule has 0 saturated carbocycles. The minimum absolute atomic E-state index is 0.343. The van der Waals surface area contributed by atoms with Crippen LogP contribution in [0.2, 0.25) is 5.02 Å². The van der Waals surface area contributed by atoms with Crippen molar-refractivity contribution in [1.29, 1.82) is 0 Å². The monoisotopic (exact) mass is 241 g/mol. The molecule has 16 heavy (non-hydrogen) atoms. The van der Waals surface area contributed by atoms with Gasteiger partial charge in [0.05, 0.1) is 6.61 Å². The Hall–Kier alpha value is -1.26. The molecule has 1 atom stereocenters. The van der Waals surface area contributed by atoms with Crippen molar-refractivity contribution in [1.82, 2.24) is 0 Å². The summed E-state index contributed by atoms with van der Waals surface area (Å²) >= 11 is 5.86. The number of hydrogen-bond donors (Lipinski definition) is 2. The van der Waals surface area contributed by atoms with Crippen molar-refractivity contribution in [2.24, 2.45) is 5.73 Å². The van der Waals surface area contributed by atoms with Crippen LogP contribution in [-0.4, -0.2) is 17.7 Å². The van der Waals surface area contributed by atoms with Gasteiger partial charge in [0, 0.05) is 10.6 Å². The molecule has 0 aliphatic carbocycles. The molecular weight excluding hydrogens is 230 g/mol. The lowest BCUT2D eigenvalue weighted by molar-refractivity contribution is -0.144. The van der Waals surface area contributed by atoms with E-state index in [2.05, 4.69) is 0 Å². The standard InChI is InChI=1S/C11H12ClNO3/c12-7-2-3-9-8(6-7)11(13,10(14)15)4-1-5-16-9/h2-3,6H,1,4-5,13H2,(H,14,15). The minimum Gasteiger partial charge on any atom is -0.493 e. The Morgan fingerprint density at radius 3 is 3.00 bits per heavy atom. The van der Waals surface area contributed by atoms with Gasteiger partial charge in [-0.3, -0.25) is 0 Å². The second-order valence-corrected chi connectivity index (χ2v) is 4.31. The zero-order valence-corrected chi connectivity index (χ0v) is 9.33. The smallest absolute Gasteiger partial charge is 0.328 e. The Bertz CT molecular complexity index is 435. The SMILES string of the molecule is NC1(C(=O)O)CCCOc2ccc(Cl)cc21. The van der Waals surface area contributed by atoms with Crippen molar-refractivity contribution in [2.75, 3.05) is 6.61 Å². The average Bonchev–Trinajstić information content (AvgIpc) is 2.40. The van der Waals surface area contributed by atoms with Gasteiger partial charge >= 0.3 is 5.97 Å². The third-order valence-electron chi connectivity index (χ3n) is 2.78. The van der Waals surface area contributed by atoms with Gasteiger partial charge in [-0.15, -0.1) is 0 Å². The van der Waals surface area contributed by atoms with Gasteiger partial charge < -0.3 is 15.6 Å². The zero-order chi connectivity index (χ0) is 11.8. The largest absolute Gasteiger partial charge is 0.493 e. The Labute approximate surface area is 98.0 Å². The van der Waals surface area contributed by atoms with Crippen LogP contribution in [0.4, 0.5) is 0 Å². The molecule has 4 nitrogen and oxygen atoms in total. The minimum atomic E-state index is -1.41. The van der Waals surface area contributed by atoms with E-state index in [1.165, 1.54) is 0 Å². The van der Waals surface area contributed by atoms with Crippen LogP contribution in [-0.2, 0) is 10.3 Å². The van der Waals surface area contributed by atoms with Crippen LogP contribution in [0.1, 0.15) is 18.4 Å². The first-order chi connectivity index (χ1) is 7.54. The summed E-state index contributed by atoms with van der Waals surface area (Å²) in [6.45, 7) is 0.473. The van der Waals surface area contributed by atoms with E-state index in [0.717, 1.165) is 0 Å². The third kappa shape index (κ3) is 1.74. The second kappa shape index (κ2) is 3.96. The van der Waals surface area contributed by atoms with Gasteiger partial charge in [-0.1, -0.05) is 11.6 Å². The van der Waals surface area contributed by atoms with Gasteiger partial charge in [0.25, 0.3) is 0 Å². The Morgan fingerprint density at radius 1 is 1.56 bits per heavy atom. The van der Waals surface area contributed by atoms with Crippen LogP contribution >= 0.6 is 11.6 Å². The van der Waals surface area contributed by atoms with E-state index in [0.29, 0.717) is 35.8 Å². The van der Waals surface area contributed by atoms with Crippen molar-refractivity contribution in [3.05, 3.63) is 28.8 Å². The van der Waals surface area contributed by atoms with Gasteiger partial charge in [-0.25, -0.2) is 4.79 Å². The predicted octanol–water partition coefficient (Wildman–Crippen LogP) is 1.75. The number of nitrogens with two attached hydrogens (primary N) is 1. The maximum Gasteiger partial charge on any atom is 0.328 e. The van der Waals surface area contributed by atoms with Gasteiger partial charge in [0.15, 0.2) is 0 Å². The van der Waals surface area contributed by atoms with E-state index < -0.39 is 11.5 Å². The average molecular weight is 242 g/mol. The molecule has 0 aromatic heterocycles. The normalized spacial score (nSPS) is 24.1. The molecule has 0 bridgehead atoms. The zero-order valence-electron chi connectivity index (χ0n) is 8.57. The van der Waals surface area contributed by atoms with E-state index in [1.807, 2.05) is 0 Å². The molecule has 0 amide bonds. The summed E-state index contributed by atoms with van der Waals surface area (Å²) in [6.07, 6.45) is 0.949. The summed E-state index contributed by atoms with van der Waals surface area (Å²) in [4.78, 5) is 11.3. The first-order valence-corrected chi connectivity index (χ1v) is 5.37. The van der Waals surface area contributed by atoms with Gasteiger partial charge in [0.2, 0.25) is 0 Å². The highest BCUT2D eigenvalue weighted by atomic mass is 35.5. The van der Waals surface area contributed by atoms with Crippen LogP contribution in [0.3, 0.4) is 0 Å². The van der Waals surface area contributed by atoms with E-state index in [1.54, 1.807) is 18.2 Å². The van der Waals surface area contributed by atoms with Crippen molar-refractivity contribution in [3.8, 4) is 5.75 Å². The number of carboxylic acid groups (broad SMARTS) is 1. The fourth-order valence-electron chi connectivity index (χ4n) is 1.87. The molecule has 86 valence electrons. The number of hydrogen-bond acceptors (Lipinski definition) is 3. The number of aliphatic carboxylic acids is 1. The molecule has 1 heterocycles. The number of halogens is 1. The van der Waals surface area contributed by atoms with Crippen molar-refractivity contribution in [2.45, 2.75) is 18.4 Å². The van der Waals surface area contributed by atoms with Crippen LogP contribution in [0.25, 0.3) is 0 Å². The molecule has 0 spiro atoms. The molecule has 1 aliphatic heterocycles. The quantitative estimate of drug-likeness (QED) is 0.786. The van der Waals surface area contributed by atoms with E-state index in [9.17, 15) is 9.90 Å². The summed E-state index contributed by atoms with van der Waals surface area (Å²) in [6, 6.07) is 4.89.